The van der Waals surface area contributed by atoms with E-state index in [1.807, 2.05) is 19.1 Å². The average molecular weight is 453 g/mol. The number of fused-ring (bicyclic) bond motifs is 1. The van der Waals surface area contributed by atoms with Crippen LogP contribution in [0.5, 0.6) is 5.75 Å². The van der Waals surface area contributed by atoms with Gasteiger partial charge in [-0.1, -0.05) is 32.9 Å². The Morgan fingerprint density at radius 3 is 2.27 bits per heavy atom. The predicted octanol–water partition coefficient (Wildman–Crippen LogP) is 4.10. The van der Waals surface area contributed by atoms with Gasteiger partial charge in [0.05, 0.1) is 24.8 Å². The highest BCUT2D eigenvalue weighted by atomic mass is 16.5. The van der Waals surface area contributed by atoms with Gasteiger partial charge in [-0.15, -0.1) is 0 Å². The van der Waals surface area contributed by atoms with Gasteiger partial charge in [-0.25, -0.2) is 14.6 Å². The Labute approximate surface area is 192 Å². The number of esters is 2. The molecule has 0 N–H and O–H groups in total. The molecule has 0 unspecified atom stereocenters. The lowest BCUT2D eigenvalue weighted by Crippen LogP contribution is -2.39. The lowest BCUT2D eigenvalue weighted by Gasteiger charge is -2.19. The van der Waals surface area contributed by atoms with Crippen LogP contribution in [0.2, 0.25) is 0 Å². The van der Waals surface area contributed by atoms with Crippen LogP contribution in [-0.2, 0) is 21.5 Å². The Balaban J connectivity index is 1.92. The van der Waals surface area contributed by atoms with Gasteiger partial charge in [-0.05, 0) is 49.1 Å². The maximum Gasteiger partial charge on any atom is 0.407 e. The number of rotatable bonds is 7. The number of hydrogen-bond acceptors (Lipinski definition) is 7. The van der Waals surface area contributed by atoms with Crippen molar-refractivity contribution in [3.63, 3.8) is 0 Å². The molecule has 0 aliphatic carbocycles. The summed E-state index contributed by atoms with van der Waals surface area (Å²) in [5, 5.41) is 13.0. The zero-order valence-corrected chi connectivity index (χ0v) is 19.5. The SMILES string of the molecule is CCOC(=O)c1c(COC(=O)c2ccc(C(C)(C)C)cc2)nc2ccc(OCC)cc2[n+]1[O-]. The van der Waals surface area contributed by atoms with E-state index in [1.165, 1.54) is 6.07 Å². The van der Waals surface area contributed by atoms with Crippen LogP contribution in [0.15, 0.2) is 42.5 Å². The van der Waals surface area contributed by atoms with Crippen LogP contribution in [0.25, 0.3) is 11.0 Å². The van der Waals surface area contributed by atoms with Gasteiger partial charge in [0.2, 0.25) is 5.52 Å². The van der Waals surface area contributed by atoms with Gasteiger partial charge in [-0.2, -0.15) is 4.73 Å². The molecule has 0 saturated carbocycles. The highest BCUT2D eigenvalue weighted by Crippen LogP contribution is 2.23. The second-order valence-electron chi connectivity index (χ2n) is 8.41. The van der Waals surface area contributed by atoms with Crippen molar-refractivity contribution in [1.29, 1.82) is 0 Å². The van der Waals surface area contributed by atoms with Crippen molar-refractivity contribution < 1.29 is 28.5 Å². The second-order valence-corrected chi connectivity index (χ2v) is 8.41. The first-order chi connectivity index (χ1) is 15.7. The molecule has 0 aliphatic heterocycles. The van der Waals surface area contributed by atoms with Gasteiger partial charge in [-0.3, -0.25) is 0 Å². The Morgan fingerprint density at radius 1 is 0.970 bits per heavy atom. The van der Waals surface area contributed by atoms with Gasteiger partial charge < -0.3 is 19.4 Å². The summed E-state index contributed by atoms with van der Waals surface area (Å²) in [6.45, 7) is 9.85. The fraction of sp³-hybridized carbons (Fsp3) is 0.360. The monoisotopic (exact) mass is 452 g/mol. The summed E-state index contributed by atoms with van der Waals surface area (Å²) in [5.74, 6) is -0.954. The molecule has 0 fully saturated rings. The molecule has 0 atom stereocenters. The topological polar surface area (TPSA) is 102 Å². The Morgan fingerprint density at radius 2 is 1.67 bits per heavy atom. The molecule has 0 radical (unpaired) electrons. The van der Waals surface area contributed by atoms with E-state index >= 15 is 0 Å². The van der Waals surface area contributed by atoms with Gasteiger partial charge in [0.1, 0.15) is 17.9 Å². The van der Waals surface area contributed by atoms with Crippen LogP contribution >= 0.6 is 0 Å². The zero-order valence-electron chi connectivity index (χ0n) is 19.5. The van der Waals surface area contributed by atoms with Crippen molar-refractivity contribution >= 4 is 23.0 Å². The molecule has 174 valence electrons. The third kappa shape index (κ3) is 5.39. The van der Waals surface area contributed by atoms with E-state index in [-0.39, 0.29) is 35.5 Å². The molecule has 3 aromatic rings. The third-order valence-corrected chi connectivity index (χ3v) is 5.00. The average Bonchev–Trinajstić information content (AvgIpc) is 2.77. The largest absolute Gasteiger partial charge is 0.618 e. The minimum absolute atomic E-state index is 0.0137. The standard InChI is InChI=1S/C25H28N2O6/c1-6-31-18-12-13-19-21(14-18)27(30)22(24(29)32-7-2)20(26-19)15-33-23(28)16-8-10-17(11-9-16)25(3,4)5/h8-14H,6-7,15H2,1-5H3. The van der Waals surface area contributed by atoms with E-state index in [0.717, 1.165) is 5.56 Å². The second kappa shape index (κ2) is 9.85. The Bertz CT molecular complexity index is 1170. The van der Waals surface area contributed by atoms with Crippen LogP contribution in [0.1, 0.15) is 66.7 Å². The number of aromatic nitrogens is 2. The lowest BCUT2D eigenvalue weighted by molar-refractivity contribution is -0.581. The van der Waals surface area contributed by atoms with E-state index in [9.17, 15) is 14.8 Å². The summed E-state index contributed by atoms with van der Waals surface area (Å²) >= 11 is 0. The molecule has 8 nitrogen and oxygen atoms in total. The highest BCUT2D eigenvalue weighted by Gasteiger charge is 2.29. The van der Waals surface area contributed by atoms with Crippen molar-refractivity contribution in [3.05, 3.63) is 70.2 Å². The summed E-state index contributed by atoms with van der Waals surface area (Å²) in [7, 11) is 0. The molecule has 8 heteroatoms. The molecule has 0 spiro atoms. The van der Waals surface area contributed by atoms with Crippen molar-refractivity contribution in [2.24, 2.45) is 0 Å². The van der Waals surface area contributed by atoms with Crippen molar-refractivity contribution in [2.45, 2.75) is 46.6 Å². The minimum atomic E-state index is -0.843. The van der Waals surface area contributed by atoms with Crippen LogP contribution in [0.4, 0.5) is 0 Å². The van der Waals surface area contributed by atoms with Crippen molar-refractivity contribution in [3.8, 4) is 5.75 Å². The van der Waals surface area contributed by atoms with Crippen LogP contribution < -0.4 is 9.47 Å². The number of carbonyl (C=O) groups excluding carboxylic acids is 2. The molecule has 0 bridgehead atoms. The summed E-state index contributed by atoms with van der Waals surface area (Å²) in [5.41, 5.74) is 1.57. The fourth-order valence-electron chi connectivity index (χ4n) is 3.28. The summed E-state index contributed by atoms with van der Waals surface area (Å²) in [6.07, 6.45) is 0. The maximum atomic E-state index is 13.0. The molecule has 33 heavy (non-hydrogen) atoms. The quantitative estimate of drug-likeness (QED) is 0.302. The first-order valence-electron chi connectivity index (χ1n) is 10.8. The van der Waals surface area contributed by atoms with Crippen molar-refractivity contribution in [1.82, 2.24) is 4.98 Å². The molecular formula is C25H28N2O6. The molecule has 1 aromatic heterocycles. The summed E-state index contributed by atoms with van der Waals surface area (Å²) in [4.78, 5) is 29.5. The molecule has 3 rings (SSSR count). The number of carbonyl (C=O) groups is 2. The number of ether oxygens (including phenoxy) is 3. The summed E-state index contributed by atoms with van der Waals surface area (Å²) < 4.78 is 16.3. The fourth-order valence-corrected chi connectivity index (χ4v) is 3.28. The molecule has 2 aromatic carbocycles. The highest BCUT2D eigenvalue weighted by molar-refractivity contribution is 5.90. The summed E-state index contributed by atoms with van der Waals surface area (Å²) in [6, 6.07) is 11.9. The van der Waals surface area contributed by atoms with Crippen molar-refractivity contribution in [2.75, 3.05) is 13.2 Å². The third-order valence-electron chi connectivity index (χ3n) is 5.00. The molecule has 1 heterocycles. The molecule has 0 saturated heterocycles. The normalized spacial score (nSPS) is 11.3. The first kappa shape index (κ1) is 24.0. The number of benzene rings is 2. The number of nitrogens with zero attached hydrogens (tertiary/aromatic N) is 2. The van der Waals surface area contributed by atoms with E-state index in [2.05, 4.69) is 25.8 Å². The van der Waals surface area contributed by atoms with E-state index < -0.39 is 11.9 Å². The van der Waals surface area contributed by atoms with Gasteiger partial charge >= 0.3 is 17.6 Å². The zero-order chi connectivity index (χ0) is 24.2. The smallest absolute Gasteiger partial charge is 0.407 e. The van der Waals surface area contributed by atoms with Gasteiger partial charge in [0.25, 0.3) is 0 Å². The molecule has 0 amide bonds. The maximum absolute atomic E-state index is 13.0. The molecule has 0 aliphatic rings. The predicted molar refractivity (Wildman–Crippen MR) is 122 cm³/mol. The Hall–Kier alpha value is -3.68. The van der Waals surface area contributed by atoms with Gasteiger partial charge in [0, 0.05) is 0 Å². The van der Waals surface area contributed by atoms with Crippen LogP contribution in [0, 0.1) is 5.21 Å². The van der Waals surface area contributed by atoms with Crippen LogP contribution in [0.3, 0.4) is 0 Å². The van der Waals surface area contributed by atoms with Crippen LogP contribution in [-0.4, -0.2) is 30.1 Å². The first-order valence-corrected chi connectivity index (χ1v) is 10.8. The Kier molecular flexibility index (Phi) is 7.16. The minimum Gasteiger partial charge on any atom is -0.618 e. The van der Waals surface area contributed by atoms with E-state index in [1.54, 1.807) is 31.2 Å². The molecular weight excluding hydrogens is 424 g/mol. The van der Waals surface area contributed by atoms with Gasteiger partial charge in [0.15, 0.2) is 5.69 Å². The number of hydrogen-bond donors (Lipinski definition) is 0. The lowest BCUT2D eigenvalue weighted by atomic mass is 9.87. The van der Waals surface area contributed by atoms with E-state index in [0.29, 0.717) is 28.2 Å². The van der Waals surface area contributed by atoms with E-state index in [4.69, 9.17) is 14.2 Å².